The smallest absolute Gasteiger partial charge is 0.169 e. The molecule has 1 aromatic carbocycles. The van der Waals surface area contributed by atoms with Crippen molar-refractivity contribution in [2.45, 2.75) is 26.3 Å². The molecular formula is C14H18N2S. The van der Waals surface area contributed by atoms with Gasteiger partial charge >= 0.3 is 0 Å². The molecule has 0 radical (unpaired) electrons. The van der Waals surface area contributed by atoms with Crippen molar-refractivity contribution in [3.8, 4) is 0 Å². The van der Waals surface area contributed by atoms with Gasteiger partial charge in [0.05, 0.1) is 5.54 Å². The maximum Gasteiger partial charge on any atom is 0.169 e. The van der Waals surface area contributed by atoms with Gasteiger partial charge < -0.3 is 4.90 Å². The number of benzene rings is 1. The molecule has 1 heterocycles. The molecular weight excluding hydrogens is 228 g/mol. The number of nitrogens with zero attached hydrogens (tertiary/aromatic N) is 2. The Morgan fingerprint density at radius 3 is 2.41 bits per heavy atom. The molecule has 1 aliphatic heterocycles. The highest BCUT2D eigenvalue weighted by Gasteiger charge is 2.31. The highest BCUT2D eigenvalue weighted by molar-refractivity contribution is 8.13. The second-order valence-corrected chi connectivity index (χ2v) is 5.48. The quantitative estimate of drug-likeness (QED) is 0.746. The Kier molecular flexibility index (Phi) is 3.29. The lowest BCUT2D eigenvalue weighted by molar-refractivity contribution is 0.630. The van der Waals surface area contributed by atoms with E-state index in [9.17, 15) is 0 Å². The average Bonchev–Trinajstić information content (AvgIpc) is 2.27. The molecule has 90 valence electrons. The second kappa shape index (κ2) is 4.57. The van der Waals surface area contributed by atoms with E-state index in [0.717, 1.165) is 10.9 Å². The number of amidine groups is 1. The van der Waals surface area contributed by atoms with E-state index in [1.54, 1.807) is 11.8 Å². The minimum absolute atomic E-state index is 0.0362. The van der Waals surface area contributed by atoms with E-state index >= 15 is 0 Å². The van der Waals surface area contributed by atoms with Gasteiger partial charge in [-0.25, -0.2) is 4.99 Å². The molecule has 17 heavy (non-hydrogen) atoms. The normalized spacial score (nSPS) is 18.7. The van der Waals surface area contributed by atoms with E-state index in [1.165, 1.54) is 5.69 Å². The predicted octanol–water partition coefficient (Wildman–Crippen LogP) is 3.91. The molecule has 0 saturated heterocycles. The van der Waals surface area contributed by atoms with Gasteiger partial charge in [0.25, 0.3) is 0 Å². The van der Waals surface area contributed by atoms with Crippen molar-refractivity contribution < 1.29 is 0 Å². The summed E-state index contributed by atoms with van der Waals surface area (Å²) in [5, 5.41) is 1.06. The fraction of sp³-hybridized carbons (Fsp3) is 0.357. The summed E-state index contributed by atoms with van der Waals surface area (Å²) in [5.74, 6) is 0. The Morgan fingerprint density at radius 1 is 1.18 bits per heavy atom. The number of para-hydroxylation sites is 1. The van der Waals surface area contributed by atoms with Gasteiger partial charge in [-0.1, -0.05) is 30.0 Å². The highest BCUT2D eigenvalue weighted by Crippen LogP contribution is 2.32. The van der Waals surface area contributed by atoms with Crippen LogP contribution in [0.1, 0.15) is 20.8 Å². The summed E-state index contributed by atoms with van der Waals surface area (Å²) in [5.41, 5.74) is 2.24. The first-order chi connectivity index (χ1) is 8.04. The number of aliphatic imine (C=N–C) groups is 1. The monoisotopic (exact) mass is 246 g/mol. The summed E-state index contributed by atoms with van der Waals surface area (Å²) in [7, 11) is 0. The van der Waals surface area contributed by atoms with Gasteiger partial charge in [-0.15, -0.1) is 0 Å². The highest BCUT2D eigenvalue weighted by atomic mass is 32.2. The van der Waals surface area contributed by atoms with Gasteiger partial charge in [0, 0.05) is 11.4 Å². The minimum Gasteiger partial charge on any atom is -0.312 e. The first-order valence-electron chi connectivity index (χ1n) is 5.72. The van der Waals surface area contributed by atoms with Crippen LogP contribution in [0.25, 0.3) is 0 Å². The second-order valence-electron chi connectivity index (χ2n) is 4.71. The van der Waals surface area contributed by atoms with Crippen molar-refractivity contribution in [3.63, 3.8) is 0 Å². The van der Waals surface area contributed by atoms with Crippen LogP contribution in [-0.2, 0) is 0 Å². The lowest BCUT2D eigenvalue weighted by Crippen LogP contribution is -2.47. The molecule has 0 spiro atoms. The molecule has 3 heteroatoms. The third-order valence-electron chi connectivity index (χ3n) is 2.80. The zero-order chi connectivity index (χ0) is 12.5. The Hall–Kier alpha value is -1.22. The summed E-state index contributed by atoms with van der Waals surface area (Å²) in [6.07, 6.45) is 4.28. The Bertz CT molecular complexity index is 460. The molecule has 0 unspecified atom stereocenters. The fourth-order valence-corrected chi connectivity index (χ4v) is 2.97. The molecule has 0 fully saturated rings. The van der Waals surface area contributed by atoms with Crippen molar-refractivity contribution in [2.75, 3.05) is 11.2 Å². The van der Waals surface area contributed by atoms with Crippen LogP contribution in [0, 0.1) is 0 Å². The van der Waals surface area contributed by atoms with Crippen molar-refractivity contribution in [1.82, 2.24) is 0 Å². The molecule has 0 saturated carbocycles. The minimum atomic E-state index is -0.0362. The third-order valence-corrected chi connectivity index (χ3v) is 3.44. The van der Waals surface area contributed by atoms with Gasteiger partial charge in [0.2, 0.25) is 0 Å². The first kappa shape index (κ1) is 12.2. The molecule has 0 aromatic heterocycles. The third kappa shape index (κ3) is 2.39. The number of allylic oxidation sites excluding steroid dienone is 1. The number of rotatable bonds is 1. The number of thioether (sulfide) groups is 1. The molecule has 2 rings (SSSR count). The number of hydrogen-bond acceptors (Lipinski definition) is 3. The molecule has 0 amide bonds. The van der Waals surface area contributed by atoms with E-state index < -0.39 is 0 Å². The Balaban J connectivity index is 2.48. The van der Waals surface area contributed by atoms with E-state index in [1.807, 2.05) is 6.07 Å². The van der Waals surface area contributed by atoms with Gasteiger partial charge in [0.1, 0.15) is 0 Å². The molecule has 0 aliphatic carbocycles. The van der Waals surface area contributed by atoms with Crippen molar-refractivity contribution in [1.29, 1.82) is 0 Å². The van der Waals surface area contributed by atoms with Crippen LogP contribution >= 0.6 is 11.8 Å². The topological polar surface area (TPSA) is 15.6 Å². The van der Waals surface area contributed by atoms with E-state index in [0.29, 0.717) is 0 Å². The Labute approximate surface area is 107 Å². The lowest BCUT2D eigenvalue weighted by atomic mass is 9.99. The zero-order valence-electron chi connectivity index (χ0n) is 10.8. The van der Waals surface area contributed by atoms with Crippen LogP contribution in [0.2, 0.25) is 0 Å². The van der Waals surface area contributed by atoms with E-state index in [-0.39, 0.29) is 5.54 Å². The zero-order valence-corrected chi connectivity index (χ0v) is 11.6. The standard InChI is InChI=1S/C14H18N2S/c1-11-10-14(2,3)16(13(15-11)17-4)12-8-6-5-7-9-12/h5-10H,1-4H3. The van der Waals surface area contributed by atoms with Crippen LogP contribution in [0.3, 0.4) is 0 Å². The van der Waals surface area contributed by atoms with Gasteiger partial charge in [0.15, 0.2) is 5.17 Å². The summed E-state index contributed by atoms with van der Waals surface area (Å²) in [6, 6.07) is 10.4. The van der Waals surface area contributed by atoms with Crippen molar-refractivity contribution in [2.24, 2.45) is 4.99 Å². The van der Waals surface area contributed by atoms with Gasteiger partial charge in [-0.3, -0.25) is 0 Å². The molecule has 0 bridgehead atoms. The SMILES string of the molecule is CSC1=NC(C)=CC(C)(C)N1c1ccccc1. The molecule has 1 aromatic rings. The van der Waals surface area contributed by atoms with Crippen LogP contribution in [0.5, 0.6) is 0 Å². The summed E-state index contributed by atoms with van der Waals surface area (Å²) < 4.78 is 0. The molecule has 0 N–H and O–H groups in total. The van der Waals surface area contributed by atoms with Crippen LogP contribution < -0.4 is 4.90 Å². The maximum atomic E-state index is 4.62. The largest absolute Gasteiger partial charge is 0.312 e. The number of hydrogen-bond donors (Lipinski definition) is 0. The molecule has 2 nitrogen and oxygen atoms in total. The van der Waals surface area contributed by atoms with Crippen LogP contribution in [-0.4, -0.2) is 17.0 Å². The molecule has 1 aliphatic rings. The van der Waals surface area contributed by atoms with Crippen LogP contribution in [0.15, 0.2) is 47.1 Å². The fourth-order valence-electron chi connectivity index (χ4n) is 2.21. The maximum absolute atomic E-state index is 4.62. The number of anilines is 1. The Morgan fingerprint density at radius 2 is 1.82 bits per heavy atom. The van der Waals surface area contributed by atoms with Gasteiger partial charge in [-0.2, -0.15) is 0 Å². The lowest BCUT2D eigenvalue weighted by Gasteiger charge is -2.40. The first-order valence-corrected chi connectivity index (χ1v) is 6.94. The van der Waals surface area contributed by atoms with E-state index in [4.69, 9.17) is 0 Å². The van der Waals surface area contributed by atoms with E-state index in [2.05, 4.69) is 67.3 Å². The summed E-state index contributed by atoms with van der Waals surface area (Å²) in [6.45, 7) is 6.49. The van der Waals surface area contributed by atoms with Crippen LogP contribution in [0.4, 0.5) is 5.69 Å². The molecule has 0 atom stereocenters. The van der Waals surface area contributed by atoms with Gasteiger partial charge in [-0.05, 0) is 45.2 Å². The predicted molar refractivity (Wildman–Crippen MR) is 77.7 cm³/mol. The summed E-state index contributed by atoms with van der Waals surface area (Å²) in [4.78, 5) is 6.90. The van der Waals surface area contributed by atoms with Crippen molar-refractivity contribution in [3.05, 3.63) is 42.1 Å². The average molecular weight is 246 g/mol. The van der Waals surface area contributed by atoms with Crippen molar-refractivity contribution >= 4 is 22.6 Å². The summed E-state index contributed by atoms with van der Waals surface area (Å²) >= 11 is 1.69.